The Morgan fingerprint density at radius 1 is 1.11 bits per heavy atom. The number of aromatic nitrogens is 1. The standard InChI is InChI=1S/C14H23N3S/c1-2-4-13(5-3-1)17-8-6-16(7-9-17)11-14-10-15-12-18-14/h10,12-13H,1-9,11H2. The highest BCUT2D eigenvalue weighted by Crippen LogP contribution is 2.23. The van der Waals surface area contributed by atoms with E-state index in [0.29, 0.717) is 0 Å². The maximum atomic E-state index is 4.16. The molecule has 2 fully saturated rings. The van der Waals surface area contributed by atoms with Crippen LogP contribution in [0.15, 0.2) is 11.7 Å². The molecule has 4 heteroatoms. The van der Waals surface area contributed by atoms with Crippen LogP contribution < -0.4 is 0 Å². The average molecular weight is 265 g/mol. The topological polar surface area (TPSA) is 19.4 Å². The van der Waals surface area contributed by atoms with Crippen LogP contribution in [-0.2, 0) is 6.54 Å². The number of thiazole rings is 1. The molecule has 1 aliphatic carbocycles. The molecule has 0 spiro atoms. The van der Waals surface area contributed by atoms with Gasteiger partial charge in [-0.05, 0) is 12.8 Å². The molecule has 0 amide bonds. The van der Waals surface area contributed by atoms with E-state index in [9.17, 15) is 0 Å². The Morgan fingerprint density at radius 2 is 1.89 bits per heavy atom. The summed E-state index contributed by atoms with van der Waals surface area (Å²) in [7, 11) is 0. The molecule has 1 aromatic rings. The predicted octanol–water partition coefficient (Wildman–Crippen LogP) is 2.59. The molecule has 100 valence electrons. The Balaban J connectivity index is 1.45. The number of rotatable bonds is 3. The molecule has 2 aliphatic rings. The molecule has 18 heavy (non-hydrogen) atoms. The van der Waals surface area contributed by atoms with Crippen LogP contribution in [0.5, 0.6) is 0 Å². The van der Waals surface area contributed by atoms with Crippen molar-refractivity contribution in [1.82, 2.24) is 14.8 Å². The zero-order valence-corrected chi connectivity index (χ0v) is 11.9. The van der Waals surface area contributed by atoms with E-state index < -0.39 is 0 Å². The summed E-state index contributed by atoms with van der Waals surface area (Å²) < 4.78 is 0. The van der Waals surface area contributed by atoms with E-state index in [4.69, 9.17) is 0 Å². The quantitative estimate of drug-likeness (QED) is 0.837. The van der Waals surface area contributed by atoms with Crippen molar-refractivity contribution in [3.05, 3.63) is 16.6 Å². The smallest absolute Gasteiger partial charge is 0.0794 e. The van der Waals surface area contributed by atoms with E-state index in [-0.39, 0.29) is 0 Å². The lowest BCUT2D eigenvalue weighted by atomic mass is 9.94. The number of piperazine rings is 1. The van der Waals surface area contributed by atoms with Gasteiger partial charge in [0, 0.05) is 49.8 Å². The minimum atomic E-state index is 0.893. The van der Waals surface area contributed by atoms with Crippen molar-refractivity contribution >= 4 is 11.3 Å². The third-order valence-corrected chi connectivity index (χ3v) is 5.13. The first kappa shape index (κ1) is 12.6. The first-order chi connectivity index (χ1) is 8.92. The van der Waals surface area contributed by atoms with Crippen LogP contribution in [0.25, 0.3) is 0 Å². The maximum Gasteiger partial charge on any atom is 0.0794 e. The van der Waals surface area contributed by atoms with Gasteiger partial charge in [-0.2, -0.15) is 0 Å². The van der Waals surface area contributed by atoms with Gasteiger partial charge in [-0.3, -0.25) is 14.8 Å². The molecule has 1 aliphatic heterocycles. The van der Waals surface area contributed by atoms with Gasteiger partial charge in [-0.1, -0.05) is 19.3 Å². The van der Waals surface area contributed by atoms with Crippen LogP contribution in [0.1, 0.15) is 37.0 Å². The highest BCUT2D eigenvalue weighted by Gasteiger charge is 2.24. The van der Waals surface area contributed by atoms with Gasteiger partial charge in [-0.15, -0.1) is 11.3 Å². The van der Waals surface area contributed by atoms with Gasteiger partial charge in [-0.25, -0.2) is 0 Å². The highest BCUT2D eigenvalue weighted by molar-refractivity contribution is 7.09. The fourth-order valence-corrected chi connectivity index (χ4v) is 3.91. The minimum Gasteiger partial charge on any atom is -0.298 e. The molecule has 0 bridgehead atoms. The lowest BCUT2D eigenvalue weighted by Crippen LogP contribution is -2.50. The van der Waals surface area contributed by atoms with Crippen LogP contribution >= 0.6 is 11.3 Å². The Kier molecular flexibility index (Phi) is 4.28. The number of nitrogens with zero attached hydrogens (tertiary/aromatic N) is 3. The molecule has 0 aromatic carbocycles. The molecular weight excluding hydrogens is 242 g/mol. The zero-order valence-electron chi connectivity index (χ0n) is 11.1. The highest BCUT2D eigenvalue weighted by atomic mass is 32.1. The van der Waals surface area contributed by atoms with Gasteiger partial charge < -0.3 is 0 Å². The van der Waals surface area contributed by atoms with Gasteiger partial charge in [0.25, 0.3) is 0 Å². The molecule has 0 atom stereocenters. The van der Waals surface area contributed by atoms with Gasteiger partial charge in [0.15, 0.2) is 0 Å². The third-order valence-electron chi connectivity index (χ3n) is 4.36. The summed E-state index contributed by atoms with van der Waals surface area (Å²) in [6.07, 6.45) is 9.25. The third kappa shape index (κ3) is 3.11. The molecule has 3 rings (SSSR count). The van der Waals surface area contributed by atoms with Crippen molar-refractivity contribution in [2.24, 2.45) is 0 Å². The van der Waals surface area contributed by atoms with E-state index in [0.717, 1.165) is 12.6 Å². The van der Waals surface area contributed by atoms with Crippen molar-refractivity contribution in [2.45, 2.75) is 44.7 Å². The maximum absolute atomic E-state index is 4.16. The fourth-order valence-electron chi connectivity index (χ4n) is 3.27. The average Bonchev–Trinajstić information content (AvgIpc) is 2.94. The van der Waals surface area contributed by atoms with Crippen molar-refractivity contribution in [1.29, 1.82) is 0 Å². The van der Waals surface area contributed by atoms with Gasteiger partial charge in [0.05, 0.1) is 5.51 Å². The summed E-state index contributed by atoms with van der Waals surface area (Å²) in [6, 6.07) is 0.893. The minimum absolute atomic E-state index is 0.893. The van der Waals surface area contributed by atoms with Crippen molar-refractivity contribution in [3.63, 3.8) is 0 Å². The van der Waals surface area contributed by atoms with Crippen LogP contribution in [0.3, 0.4) is 0 Å². The molecule has 1 aromatic heterocycles. The molecule has 0 radical (unpaired) electrons. The fraction of sp³-hybridized carbons (Fsp3) is 0.786. The zero-order chi connectivity index (χ0) is 12.2. The van der Waals surface area contributed by atoms with Crippen molar-refractivity contribution in [3.8, 4) is 0 Å². The van der Waals surface area contributed by atoms with Crippen LogP contribution in [0.2, 0.25) is 0 Å². The van der Waals surface area contributed by atoms with Crippen molar-refractivity contribution < 1.29 is 0 Å². The van der Waals surface area contributed by atoms with E-state index in [2.05, 4.69) is 14.8 Å². The Hall–Kier alpha value is -0.450. The van der Waals surface area contributed by atoms with E-state index in [1.54, 1.807) is 11.3 Å². The van der Waals surface area contributed by atoms with Gasteiger partial charge in [0.2, 0.25) is 0 Å². The Morgan fingerprint density at radius 3 is 2.56 bits per heavy atom. The second-order valence-electron chi connectivity index (χ2n) is 5.57. The first-order valence-electron chi connectivity index (χ1n) is 7.25. The summed E-state index contributed by atoms with van der Waals surface area (Å²) in [4.78, 5) is 10.9. The normalized spacial score (nSPS) is 24.4. The number of hydrogen-bond donors (Lipinski definition) is 0. The van der Waals surface area contributed by atoms with Crippen LogP contribution in [0, 0.1) is 0 Å². The Bertz CT molecular complexity index is 338. The van der Waals surface area contributed by atoms with Crippen LogP contribution in [-0.4, -0.2) is 47.0 Å². The molecule has 1 saturated heterocycles. The lowest BCUT2D eigenvalue weighted by molar-refractivity contribution is 0.0759. The molecule has 0 N–H and O–H groups in total. The molecular formula is C14H23N3S. The summed E-state index contributed by atoms with van der Waals surface area (Å²) in [5.74, 6) is 0. The summed E-state index contributed by atoms with van der Waals surface area (Å²) in [5, 5.41) is 0. The van der Waals surface area contributed by atoms with Crippen LogP contribution in [0.4, 0.5) is 0 Å². The SMILES string of the molecule is c1ncc(CN2CCN(C3CCCCC3)CC2)s1. The molecule has 0 unspecified atom stereocenters. The Labute approximate surface area is 114 Å². The molecule has 2 heterocycles. The first-order valence-corrected chi connectivity index (χ1v) is 8.13. The van der Waals surface area contributed by atoms with Gasteiger partial charge >= 0.3 is 0 Å². The van der Waals surface area contributed by atoms with E-state index >= 15 is 0 Å². The second-order valence-corrected chi connectivity index (χ2v) is 6.54. The van der Waals surface area contributed by atoms with Gasteiger partial charge in [0.1, 0.15) is 0 Å². The lowest BCUT2D eigenvalue weighted by Gasteiger charge is -2.40. The summed E-state index contributed by atoms with van der Waals surface area (Å²) in [6.45, 7) is 6.10. The number of hydrogen-bond acceptors (Lipinski definition) is 4. The largest absolute Gasteiger partial charge is 0.298 e. The van der Waals surface area contributed by atoms with E-state index in [1.807, 2.05) is 11.7 Å². The van der Waals surface area contributed by atoms with Crippen molar-refractivity contribution in [2.75, 3.05) is 26.2 Å². The summed E-state index contributed by atoms with van der Waals surface area (Å²) in [5.41, 5.74) is 1.94. The monoisotopic (exact) mass is 265 g/mol. The molecule has 3 nitrogen and oxygen atoms in total. The summed E-state index contributed by atoms with van der Waals surface area (Å²) >= 11 is 1.78. The molecule has 1 saturated carbocycles. The predicted molar refractivity (Wildman–Crippen MR) is 75.8 cm³/mol. The van der Waals surface area contributed by atoms with E-state index in [1.165, 1.54) is 63.2 Å². The second kappa shape index (κ2) is 6.13.